The lowest BCUT2D eigenvalue weighted by Gasteiger charge is -2.26. The molecule has 0 saturated heterocycles. The third kappa shape index (κ3) is 2.97. The van der Waals surface area contributed by atoms with Gasteiger partial charge in [0, 0.05) is 10.9 Å². The van der Waals surface area contributed by atoms with Crippen LogP contribution in [-0.4, -0.2) is 34.5 Å². The molecular formula is C14H19NO3S. The molecule has 1 aromatic heterocycles. The molecule has 0 spiro atoms. The number of aliphatic carboxylic acids is 1. The third-order valence-corrected chi connectivity index (χ3v) is 4.87. The topological polar surface area (TPSA) is 57.6 Å². The zero-order valence-electron chi connectivity index (χ0n) is 11.3. The number of aryl methyl sites for hydroxylation is 2. The lowest BCUT2D eigenvalue weighted by atomic mass is 10.2. The van der Waals surface area contributed by atoms with Crippen molar-refractivity contribution in [1.29, 1.82) is 0 Å². The first-order chi connectivity index (χ1) is 9.02. The van der Waals surface area contributed by atoms with Crippen molar-refractivity contribution in [3.05, 3.63) is 21.4 Å². The molecule has 1 amide bonds. The lowest BCUT2D eigenvalue weighted by molar-refractivity contribution is -0.138. The van der Waals surface area contributed by atoms with Gasteiger partial charge in [-0.3, -0.25) is 9.59 Å². The standard InChI is InChI=1S/C14H19NO3S/c1-3-9(2)15(8-13(16)17)14(18)12-7-10-5-4-6-11(10)19-12/h7,9H,3-6,8H2,1-2H3,(H,16,17). The molecule has 1 unspecified atom stereocenters. The molecule has 0 aliphatic heterocycles. The van der Waals surface area contributed by atoms with E-state index >= 15 is 0 Å². The van der Waals surface area contributed by atoms with Gasteiger partial charge in [0.05, 0.1) is 4.88 Å². The van der Waals surface area contributed by atoms with E-state index in [0.29, 0.717) is 4.88 Å². The van der Waals surface area contributed by atoms with Crippen molar-refractivity contribution in [3.63, 3.8) is 0 Å². The second-order valence-electron chi connectivity index (χ2n) is 5.00. The van der Waals surface area contributed by atoms with Gasteiger partial charge in [0.25, 0.3) is 5.91 Å². The molecule has 1 heterocycles. The second-order valence-corrected chi connectivity index (χ2v) is 6.13. The van der Waals surface area contributed by atoms with Crippen molar-refractivity contribution in [1.82, 2.24) is 4.90 Å². The minimum atomic E-state index is -0.960. The maximum atomic E-state index is 12.5. The summed E-state index contributed by atoms with van der Waals surface area (Å²) in [6, 6.07) is 1.90. The SMILES string of the molecule is CCC(C)N(CC(=O)O)C(=O)c1cc2c(s1)CCC2. The lowest BCUT2D eigenvalue weighted by Crippen LogP contribution is -2.41. The van der Waals surface area contributed by atoms with Crippen LogP contribution in [0.4, 0.5) is 0 Å². The number of amides is 1. The van der Waals surface area contributed by atoms with Crippen molar-refractivity contribution >= 4 is 23.2 Å². The van der Waals surface area contributed by atoms with Crippen LogP contribution in [0.1, 0.15) is 46.8 Å². The van der Waals surface area contributed by atoms with Crippen LogP contribution in [0.25, 0.3) is 0 Å². The predicted molar refractivity (Wildman–Crippen MR) is 74.8 cm³/mol. The number of hydrogen-bond donors (Lipinski definition) is 1. The van der Waals surface area contributed by atoms with Gasteiger partial charge in [-0.05, 0) is 44.2 Å². The minimum absolute atomic E-state index is 0.0551. The number of hydrogen-bond acceptors (Lipinski definition) is 3. The van der Waals surface area contributed by atoms with Gasteiger partial charge >= 0.3 is 5.97 Å². The summed E-state index contributed by atoms with van der Waals surface area (Å²) < 4.78 is 0. The Balaban J connectivity index is 2.20. The van der Waals surface area contributed by atoms with E-state index in [1.807, 2.05) is 19.9 Å². The fourth-order valence-electron chi connectivity index (χ4n) is 2.37. The Morgan fingerprint density at radius 3 is 2.79 bits per heavy atom. The molecule has 2 rings (SSSR count). The normalized spacial score (nSPS) is 15.1. The van der Waals surface area contributed by atoms with Crippen LogP contribution in [0.5, 0.6) is 0 Å². The second kappa shape index (κ2) is 5.74. The number of rotatable bonds is 5. The molecule has 0 radical (unpaired) electrons. The smallest absolute Gasteiger partial charge is 0.323 e. The third-order valence-electron chi connectivity index (χ3n) is 3.65. The summed E-state index contributed by atoms with van der Waals surface area (Å²) in [6.45, 7) is 3.62. The number of carboxylic acid groups (broad SMARTS) is 1. The Labute approximate surface area is 117 Å². The van der Waals surface area contributed by atoms with Gasteiger partial charge in [0.1, 0.15) is 6.54 Å². The number of thiophene rings is 1. The van der Waals surface area contributed by atoms with Crippen molar-refractivity contribution in [2.75, 3.05) is 6.54 Å². The minimum Gasteiger partial charge on any atom is -0.480 e. The fraction of sp³-hybridized carbons (Fsp3) is 0.571. The Bertz CT molecular complexity index is 473. The molecule has 1 aromatic rings. The van der Waals surface area contributed by atoms with Crippen LogP contribution in [0.3, 0.4) is 0 Å². The fourth-order valence-corrected chi connectivity index (χ4v) is 3.58. The number of nitrogens with zero attached hydrogens (tertiary/aromatic N) is 1. The molecule has 0 bridgehead atoms. The highest BCUT2D eigenvalue weighted by Crippen LogP contribution is 2.31. The quantitative estimate of drug-likeness (QED) is 0.902. The summed E-state index contributed by atoms with van der Waals surface area (Å²) in [5.41, 5.74) is 1.27. The maximum absolute atomic E-state index is 12.5. The van der Waals surface area contributed by atoms with Gasteiger partial charge in [-0.15, -0.1) is 11.3 Å². The summed E-state index contributed by atoms with van der Waals surface area (Å²) in [6.07, 6.45) is 4.01. The summed E-state index contributed by atoms with van der Waals surface area (Å²) >= 11 is 1.53. The molecule has 1 aliphatic rings. The molecule has 0 saturated carbocycles. The first-order valence-electron chi connectivity index (χ1n) is 6.67. The summed E-state index contributed by atoms with van der Waals surface area (Å²) in [5, 5.41) is 8.95. The molecular weight excluding hydrogens is 262 g/mol. The van der Waals surface area contributed by atoms with E-state index in [1.165, 1.54) is 33.1 Å². The van der Waals surface area contributed by atoms with Crippen LogP contribution in [-0.2, 0) is 17.6 Å². The van der Waals surface area contributed by atoms with Gasteiger partial charge in [0.2, 0.25) is 0 Å². The van der Waals surface area contributed by atoms with Gasteiger partial charge in [-0.1, -0.05) is 6.92 Å². The van der Waals surface area contributed by atoms with Crippen LogP contribution in [0.2, 0.25) is 0 Å². The van der Waals surface area contributed by atoms with E-state index in [9.17, 15) is 9.59 Å². The van der Waals surface area contributed by atoms with E-state index in [0.717, 1.165) is 19.3 Å². The first-order valence-corrected chi connectivity index (χ1v) is 7.49. The van der Waals surface area contributed by atoms with Gasteiger partial charge in [0.15, 0.2) is 0 Å². The number of fused-ring (bicyclic) bond motifs is 1. The molecule has 104 valence electrons. The summed E-state index contributed by atoms with van der Waals surface area (Å²) in [7, 11) is 0. The van der Waals surface area contributed by atoms with Crippen LogP contribution in [0.15, 0.2) is 6.07 Å². The summed E-state index contributed by atoms with van der Waals surface area (Å²) in [5.74, 6) is -1.10. The molecule has 1 N–H and O–H groups in total. The van der Waals surface area contributed by atoms with Crippen LogP contribution < -0.4 is 0 Å². The molecule has 4 nitrogen and oxygen atoms in total. The predicted octanol–water partition coefficient (Wildman–Crippen LogP) is 2.56. The van der Waals surface area contributed by atoms with Crippen molar-refractivity contribution in [2.45, 2.75) is 45.6 Å². The Hall–Kier alpha value is -1.36. The average molecular weight is 281 g/mol. The summed E-state index contributed by atoms with van der Waals surface area (Å²) in [4.78, 5) is 26.8. The molecule has 1 aliphatic carbocycles. The van der Waals surface area contributed by atoms with Crippen LogP contribution in [0, 0.1) is 0 Å². The number of carbonyl (C=O) groups excluding carboxylic acids is 1. The largest absolute Gasteiger partial charge is 0.480 e. The van der Waals surface area contributed by atoms with Crippen molar-refractivity contribution in [2.24, 2.45) is 0 Å². The van der Waals surface area contributed by atoms with Crippen molar-refractivity contribution in [3.8, 4) is 0 Å². The Morgan fingerprint density at radius 1 is 1.47 bits per heavy atom. The monoisotopic (exact) mass is 281 g/mol. The molecule has 0 aromatic carbocycles. The number of carboxylic acids is 1. The number of carbonyl (C=O) groups is 2. The van der Waals surface area contributed by atoms with Gasteiger partial charge < -0.3 is 10.0 Å². The van der Waals surface area contributed by atoms with E-state index in [1.54, 1.807) is 0 Å². The molecule has 19 heavy (non-hydrogen) atoms. The van der Waals surface area contributed by atoms with E-state index in [2.05, 4.69) is 0 Å². The highest BCUT2D eigenvalue weighted by molar-refractivity contribution is 7.14. The molecule has 5 heteroatoms. The zero-order chi connectivity index (χ0) is 14.0. The zero-order valence-corrected chi connectivity index (χ0v) is 12.1. The van der Waals surface area contributed by atoms with E-state index < -0.39 is 5.97 Å². The first kappa shape index (κ1) is 14.1. The average Bonchev–Trinajstić information content (AvgIpc) is 2.94. The maximum Gasteiger partial charge on any atom is 0.323 e. The van der Waals surface area contributed by atoms with Crippen molar-refractivity contribution < 1.29 is 14.7 Å². The Morgan fingerprint density at radius 2 is 2.21 bits per heavy atom. The highest BCUT2D eigenvalue weighted by atomic mass is 32.1. The van der Waals surface area contributed by atoms with Gasteiger partial charge in [-0.25, -0.2) is 0 Å². The van der Waals surface area contributed by atoms with Crippen LogP contribution >= 0.6 is 11.3 Å². The highest BCUT2D eigenvalue weighted by Gasteiger charge is 2.26. The van der Waals surface area contributed by atoms with Gasteiger partial charge in [-0.2, -0.15) is 0 Å². The molecule has 0 fully saturated rings. The molecule has 1 atom stereocenters. The Kier molecular flexibility index (Phi) is 4.24. The van der Waals surface area contributed by atoms with E-state index in [4.69, 9.17) is 5.11 Å². The van der Waals surface area contributed by atoms with E-state index in [-0.39, 0.29) is 18.5 Å².